The average Bonchev–Trinajstić information content (AvgIpc) is 2.34. The Labute approximate surface area is 117 Å². The van der Waals surface area contributed by atoms with E-state index in [0.717, 1.165) is 11.1 Å². The van der Waals surface area contributed by atoms with Gasteiger partial charge in [0, 0.05) is 14.0 Å². The first-order valence-electron chi connectivity index (χ1n) is 6.01. The van der Waals surface area contributed by atoms with Gasteiger partial charge in [0.1, 0.15) is 5.69 Å². The van der Waals surface area contributed by atoms with E-state index in [1.54, 1.807) is 7.05 Å². The molecule has 0 aliphatic carbocycles. The Hall–Kier alpha value is -2.44. The van der Waals surface area contributed by atoms with Crippen LogP contribution >= 0.6 is 0 Å². The molecule has 1 N–H and O–H groups in total. The first-order valence-corrected chi connectivity index (χ1v) is 6.01. The van der Waals surface area contributed by atoms with Crippen molar-refractivity contribution < 1.29 is 14.3 Å². The zero-order valence-corrected chi connectivity index (χ0v) is 12.0. The van der Waals surface area contributed by atoms with Crippen LogP contribution in [0.1, 0.15) is 18.1 Å². The number of hydrogen-bond donors (Lipinski definition) is 1. The summed E-state index contributed by atoms with van der Waals surface area (Å²) in [4.78, 5) is 21.3. The molecule has 108 valence electrons. The van der Waals surface area contributed by atoms with Crippen molar-refractivity contribution in [3.05, 3.63) is 23.3 Å². The fourth-order valence-corrected chi connectivity index (χ4v) is 1.66. The highest BCUT2D eigenvalue weighted by Crippen LogP contribution is 2.31. The van der Waals surface area contributed by atoms with Crippen molar-refractivity contribution in [1.82, 2.24) is 5.01 Å². The predicted molar refractivity (Wildman–Crippen MR) is 74.5 cm³/mol. The molecule has 20 heavy (non-hydrogen) atoms. The molecule has 1 rings (SSSR count). The third kappa shape index (κ3) is 4.68. The number of benzene rings is 1. The summed E-state index contributed by atoms with van der Waals surface area (Å²) >= 11 is 0. The highest BCUT2D eigenvalue weighted by molar-refractivity contribution is 5.92. The third-order valence-electron chi connectivity index (χ3n) is 2.38. The number of amides is 1. The molecule has 0 aromatic heterocycles. The van der Waals surface area contributed by atoms with Crippen LogP contribution in [0.25, 0.3) is 0 Å². The minimum atomic E-state index is -0.177. The standard InChI is InChI=1S/C13H18N4O3/c1-9-5-10(2)13(12(6-9)14-11(3)19)15-16-17(4)7-20-8-18/h5-6,8H,7H2,1-4H3,(H,14,19). The van der Waals surface area contributed by atoms with Crippen molar-refractivity contribution >= 4 is 23.8 Å². The van der Waals surface area contributed by atoms with Crippen LogP contribution < -0.4 is 5.32 Å². The molecule has 0 heterocycles. The second-order valence-electron chi connectivity index (χ2n) is 4.40. The summed E-state index contributed by atoms with van der Waals surface area (Å²) < 4.78 is 4.55. The normalized spacial score (nSPS) is 10.4. The van der Waals surface area contributed by atoms with Gasteiger partial charge in [0.15, 0.2) is 6.73 Å². The first-order chi connectivity index (χ1) is 9.43. The molecule has 1 amide bonds. The van der Waals surface area contributed by atoms with Crippen LogP contribution in [0.5, 0.6) is 0 Å². The Morgan fingerprint density at radius 2 is 2.15 bits per heavy atom. The summed E-state index contributed by atoms with van der Waals surface area (Å²) in [5.74, 6) is -0.177. The fourth-order valence-electron chi connectivity index (χ4n) is 1.66. The van der Waals surface area contributed by atoms with Crippen LogP contribution in [-0.4, -0.2) is 31.2 Å². The number of nitrogens with zero attached hydrogens (tertiary/aromatic N) is 3. The lowest BCUT2D eigenvalue weighted by atomic mass is 10.1. The Bertz CT molecular complexity index is 529. The van der Waals surface area contributed by atoms with Crippen LogP contribution in [0, 0.1) is 13.8 Å². The van der Waals surface area contributed by atoms with Gasteiger partial charge >= 0.3 is 0 Å². The minimum Gasteiger partial charge on any atom is -0.445 e. The number of ether oxygens (including phenoxy) is 1. The van der Waals surface area contributed by atoms with Crippen molar-refractivity contribution in [2.45, 2.75) is 20.8 Å². The summed E-state index contributed by atoms with van der Waals surface area (Å²) in [5, 5.41) is 12.1. The average molecular weight is 278 g/mol. The minimum absolute atomic E-state index is 0.00732. The quantitative estimate of drug-likeness (QED) is 0.374. The lowest BCUT2D eigenvalue weighted by molar-refractivity contribution is -0.132. The summed E-state index contributed by atoms with van der Waals surface area (Å²) in [6, 6.07) is 3.77. The molecular weight excluding hydrogens is 260 g/mol. The maximum atomic E-state index is 11.2. The molecule has 1 aromatic rings. The van der Waals surface area contributed by atoms with E-state index in [2.05, 4.69) is 20.4 Å². The van der Waals surface area contributed by atoms with E-state index in [1.165, 1.54) is 11.9 Å². The monoisotopic (exact) mass is 278 g/mol. The molecule has 0 bridgehead atoms. The molecule has 0 saturated carbocycles. The molecule has 7 nitrogen and oxygen atoms in total. The van der Waals surface area contributed by atoms with Gasteiger partial charge in [-0.25, -0.2) is 5.01 Å². The number of carbonyl (C=O) groups excluding carboxylic acids is 2. The highest BCUT2D eigenvalue weighted by Gasteiger charge is 2.08. The fraction of sp³-hybridized carbons (Fsp3) is 0.385. The van der Waals surface area contributed by atoms with Gasteiger partial charge in [-0.1, -0.05) is 11.3 Å². The lowest BCUT2D eigenvalue weighted by Crippen LogP contribution is -2.14. The summed E-state index contributed by atoms with van der Waals surface area (Å²) in [6.45, 7) is 5.60. The van der Waals surface area contributed by atoms with Gasteiger partial charge in [0.25, 0.3) is 6.47 Å². The molecule has 0 spiro atoms. The van der Waals surface area contributed by atoms with Crippen molar-refractivity contribution in [3.63, 3.8) is 0 Å². The summed E-state index contributed by atoms with van der Waals surface area (Å²) in [7, 11) is 1.62. The molecule has 0 unspecified atom stereocenters. The lowest BCUT2D eigenvalue weighted by Gasteiger charge is -2.12. The maximum absolute atomic E-state index is 11.2. The van der Waals surface area contributed by atoms with Crippen LogP contribution in [0.3, 0.4) is 0 Å². The van der Waals surface area contributed by atoms with Crippen molar-refractivity contribution in [1.29, 1.82) is 0 Å². The number of rotatable bonds is 6. The largest absolute Gasteiger partial charge is 0.445 e. The number of nitrogens with one attached hydrogen (secondary N) is 1. The summed E-state index contributed by atoms with van der Waals surface area (Å²) in [5.41, 5.74) is 3.08. The zero-order valence-electron chi connectivity index (χ0n) is 12.0. The molecule has 0 atom stereocenters. The molecule has 0 radical (unpaired) electrons. The topological polar surface area (TPSA) is 83.4 Å². The van der Waals surface area contributed by atoms with Gasteiger partial charge in [-0.2, -0.15) is 0 Å². The van der Waals surface area contributed by atoms with Crippen LogP contribution in [0.4, 0.5) is 11.4 Å². The summed E-state index contributed by atoms with van der Waals surface area (Å²) in [6.07, 6.45) is 0. The SMILES string of the molecule is CC(=O)Nc1cc(C)cc(C)c1N=NN(C)COC=O. The van der Waals surface area contributed by atoms with Crippen molar-refractivity contribution in [2.24, 2.45) is 10.3 Å². The Morgan fingerprint density at radius 1 is 1.45 bits per heavy atom. The Morgan fingerprint density at radius 3 is 2.75 bits per heavy atom. The molecule has 1 aromatic carbocycles. The van der Waals surface area contributed by atoms with E-state index in [4.69, 9.17) is 0 Å². The first kappa shape index (κ1) is 15.6. The molecule has 7 heteroatoms. The Kier molecular flexibility index (Phi) is 5.64. The molecule has 0 saturated heterocycles. The van der Waals surface area contributed by atoms with Gasteiger partial charge in [0.05, 0.1) is 5.69 Å². The van der Waals surface area contributed by atoms with Crippen molar-refractivity contribution in [2.75, 3.05) is 19.1 Å². The van der Waals surface area contributed by atoms with Crippen LogP contribution in [-0.2, 0) is 14.3 Å². The van der Waals surface area contributed by atoms with E-state index in [1.807, 2.05) is 26.0 Å². The van der Waals surface area contributed by atoms with E-state index < -0.39 is 0 Å². The highest BCUT2D eigenvalue weighted by atomic mass is 16.5. The number of hydrogen-bond acceptors (Lipinski definition) is 5. The maximum Gasteiger partial charge on any atom is 0.294 e. The van der Waals surface area contributed by atoms with E-state index in [0.29, 0.717) is 17.8 Å². The number of aryl methyl sites for hydroxylation is 2. The third-order valence-corrected chi connectivity index (χ3v) is 2.38. The van der Waals surface area contributed by atoms with Gasteiger partial charge in [-0.3, -0.25) is 9.59 Å². The molecule has 0 aliphatic heterocycles. The second kappa shape index (κ2) is 7.22. The molecule has 0 aliphatic rings. The van der Waals surface area contributed by atoms with Crippen LogP contribution in [0.15, 0.2) is 22.5 Å². The molecule has 0 fully saturated rings. The van der Waals surface area contributed by atoms with Gasteiger partial charge in [0.2, 0.25) is 5.91 Å². The van der Waals surface area contributed by atoms with E-state index >= 15 is 0 Å². The smallest absolute Gasteiger partial charge is 0.294 e. The van der Waals surface area contributed by atoms with E-state index in [-0.39, 0.29) is 12.6 Å². The number of carbonyl (C=O) groups is 2. The second-order valence-corrected chi connectivity index (χ2v) is 4.40. The predicted octanol–water partition coefficient (Wildman–Crippen LogP) is 2.32. The molecular formula is C13H18N4O3. The van der Waals surface area contributed by atoms with Gasteiger partial charge in [-0.05, 0) is 31.0 Å². The van der Waals surface area contributed by atoms with Crippen LogP contribution in [0.2, 0.25) is 0 Å². The zero-order chi connectivity index (χ0) is 15.1. The van der Waals surface area contributed by atoms with E-state index in [9.17, 15) is 9.59 Å². The van der Waals surface area contributed by atoms with Gasteiger partial charge in [-0.15, -0.1) is 5.11 Å². The van der Waals surface area contributed by atoms with Crippen molar-refractivity contribution in [3.8, 4) is 0 Å². The van der Waals surface area contributed by atoms with Gasteiger partial charge < -0.3 is 10.1 Å². The Balaban J connectivity index is 3.00. The number of anilines is 1.